The maximum atomic E-state index is 12.6. The number of hydrogen-bond acceptors (Lipinski definition) is 2. The van der Waals surface area contributed by atoms with Gasteiger partial charge in [0, 0.05) is 13.1 Å². The van der Waals surface area contributed by atoms with E-state index in [0.717, 1.165) is 37.1 Å². The first kappa shape index (κ1) is 14.6. The highest BCUT2D eigenvalue weighted by Gasteiger charge is 2.38. The van der Waals surface area contributed by atoms with Gasteiger partial charge < -0.3 is 9.64 Å². The Morgan fingerprint density at radius 3 is 2.70 bits per heavy atom. The van der Waals surface area contributed by atoms with Gasteiger partial charge in [0.05, 0.1) is 12.5 Å². The summed E-state index contributed by atoms with van der Waals surface area (Å²) in [6.07, 6.45) is 4.63. The van der Waals surface area contributed by atoms with Gasteiger partial charge in [-0.15, -0.1) is 6.58 Å². The fourth-order valence-electron chi connectivity index (χ4n) is 2.86. The van der Waals surface area contributed by atoms with E-state index in [1.165, 1.54) is 0 Å². The molecule has 1 saturated heterocycles. The maximum Gasteiger partial charge on any atom is 0.229 e. The number of benzene rings is 1. The lowest BCUT2D eigenvalue weighted by atomic mass is 9.78. The Balaban J connectivity index is 2.07. The summed E-state index contributed by atoms with van der Waals surface area (Å²) in [5, 5.41) is 0. The molecule has 3 nitrogen and oxygen atoms in total. The van der Waals surface area contributed by atoms with Crippen LogP contribution in [0.5, 0.6) is 5.75 Å². The van der Waals surface area contributed by atoms with Gasteiger partial charge in [0.15, 0.2) is 0 Å². The number of likely N-dealkylation sites (tertiary alicyclic amines) is 1. The molecule has 1 fully saturated rings. The first-order valence-electron chi connectivity index (χ1n) is 7.12. The Labute approximate surface area is 121 Å². The second-order valence-corrected chi connectivity index (χ2v) is 5.73. The third-order valence-electron chi connectivity index (χ3n) is 4.09. The molecule has 0 unspecified atom stereocenters. The molecule has 0 spiro atoms. The highest BCUT2D eigenvalue weighted by molar-refractivity contribution is 5.83. The molecule has 3 heteroatoms. The van der Waals surface area contributed by atoms with E-state index in [0.29, 0.717) is 6.54 Å². The molecule has 0 bridgehead atoms. The number of ether oxygens (including phenoxy) is 1. The number of carbonyl (C=O) groups is 1. The van der Waals surface area contributed by atoms with Crippen molar-refractivity contribution in [2.75, 3.05) is 13.7 Å². The van der Waals surface area contributed by atoms with Crippen molar-refractivity contribution in [2.45, 2.75) is 32.7 Å². The van der Waals surface area contributed by atoms with Gasteiger partial charge in [0.2, 0.25) is 5.91 Å². The average molecular weight is 273 g/mol. The Bertz CT molecular complexity index is 480. The zero-order valence-corrected chi connectivity index (χ0v) is 12.4. The smallest absolute Gasteiger partial charge is 0.229 e. The Kier molecular flexibility index (Phi) is 4.48. The monoisotopic (exact) mass is 273 g/mol. The van der Waals surface area contributed by atoms with Crippen molar-refractivity contribution >= 4 is 5.91 Å². The van der Waals surface area contributed by atoms with Gasteiger partial charge in [0.1, 0.15) is 5.75 Å². The van der Waals surface area contributed by atoms with Gasteiger partial charge in [-0.1, -0.05) is 25.1 Å². The van der Waals surface area contributed by atoms with Crippen LogP contribution in [-0.2, 0) is 11.3 Å². The van der Waals surface area contributed by atoms with Gasteiger partial charge in [-0.3, -0.25) is 4.79 Å². The van der Waals surface area contributed by atoms with Gasteiger partial charge in [0.25, 0.3) is 0 Å². The summed E-state index contributed by atoms with van der Waals surface area (Å²) in [5.74, 6) is 1.09. The summed E-state index contributed by atoms with van der Waals surface area (Å²) in [6.45, 7) is 7.35. The molecule has 20 heavy (non-hydrogen) atoms. The number of piperidine rings is 1. The molecule has 1 aromatic rings. The summed E-state index contributed by atoms with van der Waals surface area (Å²) in [5.41, 5.74) is 0.869. The van der Waals surface area contributed by atoms with E-state index in [9.17, 15) is 4.79 Å². The first-order chi connectivity index (χ1) is 9.59. The zero-order valence-electron chi connectivity index (χ0n) is 12.4. The number of hydrogen-bond donors (Lipinski definition) is 0. The third kappa shape index (κ3) is 3.03. The van der Waals surface area contributed by atoms with E-state index in [1.54, 1.807) is 7.11 Å². The van der Waals surface area contributed by atoms with Crippen LogP contribution < -0.4 is 4.74 Å². The molecule has 1 aliphatic heterocycles. The van der Waals surface area contributed by atoms with Crippen molar-refractivity contribution in [3.05, 3.63) is 42.5 Å². The molecule has 0 aromatic heterocycles. The van der Waals surface area contributed by atoms with Crippen LogP contribution >= 0.6 is 0 Å². The Hall–Kier alpha value is -1.77. The summed E-state index contributed by atoms with van der Waals surface area (Å²) < 4.78 is 5.15. The van der Waals surface area contributed by atoms with Gasteiger partial charge in [-0.25, -0.2) is 0 Å². The predicted octanol–water partition coefficient (Wildman–Crippen LogP) is 3.40. The topological polar surface area (TPSA) is 29.5 Å². The van der Waals surface area contributed by atoms with E-state index in [2.05, 4.69) is 13.5 Å². The number of amides is 1. The lowest BCUT2D eigenvalue weighted by Crippen LogP contribution is -2.46. The Morgan fingerprint density at radius 2 is 2.10 bits per heavy atom. The fraction of sp³-hybridized carbons (Fsp3) is 0.471. The predicted molar refractivity (Wildman–Crippen MR) is 80.6 cm³/mol. The van der Waals surface area contributed by atoms with Crippen LogP contribution in [0.3, 0.4) is 0 Å². The molecule has 0 N–H and O–H groups in total. The van der Waals surface area contributed by atoms with E-state index >= 15 is 0 Å². The lowest BCUT2D eigenvalue weighted by molar-refractivity contribution is -0.145. The van der Waals surface area contributed by atoms with Gasteiger partial charge in [-0.2, -0.15) is 0 Å². The highest BCUT2D eigenvalue weighted by Crippen LogP contribution is 2.35. The summed E-state index contributed by atoms with van der Waals surface area (Å²) in [7, 11) is 1.66. The van der Waals surface area contributed by atoms with E-state index in [1.807, 2.05) is 35.2 Å². The standard InChI is InChI=1S/C17H23NO2/c1-4-10-17(2)11-5-12-18(16(17)19)13-14-6-8-15(20-3)9-7-14/h4,6-9H,1,5,10-13H2,2-3H3/t17-/m1/s1. The Morgan fingerprint density at radius 1 is 1.40 bits per heavy atom. The van der Waals surface area contributed by atoms with E-state index < -0.39 is 0 Å². The fourth-order valence-corrected chi connectivity index (χ4v) is 2.86. The van der Waals surface area contributed by atoms with Crippen molar-refractivity contribution in [1.29, 1.82) is 0 Å². The molecule has 2 rings (SSSR count). The second-order valence-electron chi connectivity index (χ2n) is 5.73. The highest BCUT2D eigenvalue weighted by atomic mass is 16.5. The third-order valence-corrected chi connectivity index (χ3v) is 4.09. The number of rotatable bonds is 5. The quantitative estimate of drug-likeness (QED) is 0.770. The molecule has 1 aromatic carbocycles. The van der Waals surface area contributed by atoms with Crippen molar-refractivity contribution in [3.8, 4) is 5.75 Å². The number of carbonyl (C=O) groups excluding carboxylic acids is 1. The molecule has 0 aliphatic carbocycles. The molecule has 1 aliphatic rings. The molecule has 108 valence electrons. The van der Waals surface area contributed by atoms with Gasteiger partial charge >= 0.3 is 0 Å². The molecular weight excluding hydrogens is 250 g/mol. The van der Waals surface area contributed by atoms with Crippen LogP contribution in [0.25, 0.3) is 0 Å². The van der Waals surface area contributed by atoms with Crippen LogP contribution in [0.1, 0.15) is 31.7 Å². The van der Waals surface area contributed by atoms with Crippen molar-refractivity contribution in [3.63, 3.8) is 0 Å². The van der Waals surface area contributed by atoms with Crippen molar-refractivity contribution in [2.24, 2.45) is 5.41 Å². The zero-order chi connectivity index (χ0) is 14.6. The second kappa shape index (κ2) is 6.12. The summed E-state index contributed by atoms with van der Waals surface area (Å²) >= 11 is 0. The first-order valence-corrected chi connectivity index (χ1v) is 7.12. The van der Waals surface area contributed by atoms with Crippen LogP contribution in [-0.4, -0.2) is 24.5 Å². The van der Waals surface area contributed by atoms with Crippen LogP contribution in [0.15, 0.2) is 36.9 Å². The minimum absolute atomic E-state index is 0.250. The summed E-state index contributed by atoms with van der Waals surface area (Å²) in [6, 6.07) is 7.91. The largest absolute Gasteiger partial charge is 0.497 e. The normalized spacial score (nSPS) is 22.7. The minimum Gasteiger partial charge on any atom is -0.497 e. The van der Waals surface area contributed by atoms with E-state index in [-0.39, 0.29) is 11.3 Å². The lowest BCUT2D eigenvalue weighted by Gasteiger charge is -2.39. The molecular formula is C17H23NO2. The van der Waals surface area contributed by atoms with Crippen LogP contribution in [0.2, 0.25) is 0 Å². The minimum atomic E-state index is -0.271. The number of methoxy groups -OCH3 is 1. The molecule has 1 heterocycles. The van der Waals surface area contributed by atoms with Gasteiger partial charge in [-0.05, 0) is 37.0 Å². The summed E-state index contributed by atoms with van der Waals surface area (Å²) in [4.78, 5) is 14.6. The molecule has 0 saturated carbocycles. The SMILES string of the molecule is C=CC[C@]1(C)CCCN(Cc2ccc(OC)cc2)C1=O. The molecule has 1 amide bonds. The molecule has 0 radical (unpaired) electrons. The average Bonchev–Trinajstić information content (AvgIpc) is 2.45. The maximum absolute atomic E-state index is 12.6. The number of nitrogens with zero attached hydrogens (tertiary/aromatic N) is 1. The van der Waals surface area contributed by atoms with Crippen molar-refractivity contribution in [1.82, 2.24) is 4.90 Å². The van der Waals surface area contributed by atoms with Crippen molar-refractivity contribution < 1.29 is 9.53 Å². The molecule has 1 atom stereocenters. The van der Waals surface area contributed by atoms with Crippen LogP contribution in [0, 0.1) is 5.41 Å². The van der Waals surface area contributed by atoms with Crippen LogP contribution in [0.4, 0.5) is 0 Å². The van der Waals surface area contributed by atoms with E-state index in [4.69, 9.17) is 4.74 Å². The number of allylic oxidation sites excluding steroid dienone is 1.